The number of hydrogen-bond acceptors (Lipinski definition) is 7. The third-order valence-electron chi connectivity index (χ3n) is 6.37. The number of rotatable bonds is 11. The maximum Gasteiger partial charge on any atom is 0.219 e. The van der Waals surface area contributed by atoms with Gasteiger partial charge >= 0.3 is 0 Å². The molecule has 4 rings (SSSR count). The molecule has 0 spiro atoms. The summed E-state index contributed by atoms with van der Waals surface area (Å²) in [5.74, 6) is 1.98. The molecule has 1 aromatic heterocycles. The van der Waals surface area contributed by atoms with Crippen LogP contribution >= 0.6 is 0 Å². The minimum Gasteiger partial charge on any atom is -0.493 e. The van der Waals surface area contributed by atoms with E-state index in [1.807, 2.05) is 65.5 Å². The lowest BCUT2D eigenvalue weighted by Crippen LogP contribution is -2.51. The molecule has 1 N–H and O–H groups in total. The van der Waals surface area contributed by atoms with Gasteiger partial charge in [0.25, 0.3) is 0 Å². The van der Waals surface area contributed by atoms with Crippen molar-refractivity contribution in [3.63, 3.8) is 0 Å². The van der Waals surface area contributed by atoms with E-state index in [1.54, 1.807) is 18.2 Å². The Bertz CT molecular complexity index is 1120. The largest absolute Gasteiger partial charge is 0.493 e. The number of carbonyl (C=O) groups is 1. The van der Waals surface area contributed by atoms with Gasteiger partial charge in [0.2, 0.25) is 5.91 Å². The van der Waals surface area contributed by atoms with Crippen LogP contribution in [-0.2, 0) is 17.9 Å². The highest BCUT2D eigenvalue weighted by atomic mass is 16.5. The number of para-hydroxylation sites is 1. The summed E-state index contributed by atoms with van der Waals surface area (Å²) in [6.45, 7) is 5.29. The molecule has 9 heteroatoms. The molecule has 1 amide bonds. The number of β-amino-alcohol motifs (C(OH)–C–C–N with tert-alkyl or cyclic N) is 1. The number of nitrogens with zero attached hydrogens (tertiary/aromatic N) is 4. The van der Waals surface area contributed by atoms with Gasteiger partial charge in [-0.05, 0) is 35.9 Å². The van der Waals surface area contributed by atoms with Crippen molar-refractivity contribution in [1.82, 2.24) is 19.6 Å². The summed E-state index contributed by atoms with van der Waals surface area (Å²) in [4.78, 5) is 16.1. The number of ether oxygens (including phenoxy) is 3. The van der Waals surface area contributed by atoms with Crippen molar-refractivity contribution in [3.05, 3.63) is 72.6 Å². The fraction of sp³-hybridized carbons (Fsp3) is 0.429. The summed E-state index contributed by atoms with van der Waals surface area (Å²) in [7, 11) is 1.63. The third kappa shape index (κ3) is 7.71. The van der Waals surface area contributed by atoms with Crippen molar-refractivity contribution in [3.8, 4) is 17.2 Å². The number of hydrogen-bond donors (Lipinski definition) is 1. The van der Waals surface area contributed by atoms with E-state index in [-0.39, 0.29) is 19.1 Å². The van der Waals surface area contributed by atoms with Crippen LogP contribution in [0.25, 0.3) is 0 Å². The van der Waals surface area contributed by atoms with Crippen LogP contribution in [0.15, 0.2) is 67.0 Å². The summed E-state index contributed by atoms with van der Waals surface area (Å²) in [5, 5.41) is 15.7. The highest BCUT2D eigenvalue weighted by Crippen LogP contribution is 2.29. The fourth-order valence-electron chi connectivity index (χ4n) is 4.50. The molecule has 0 radical (unpaired) electrons. The maximum atomic E-state index is 12.2. The van der Waals surface area contributed by atoms with Crippen molar-refractivity contribution in [2.75, 3.05) is 46.5 Å². The molecule has 1 fully saturated rings. The molecule has 198 valence electrons. The molecule has 37 heavy (non-hydrogen) atoms. The number of amides is 1. The van der Waals surface area contributed by atoms with Crippen molar-refractivity contribution in [2.45, 2.75) is 32.0 Å². The van der Waals surface area contributed by atoms with Crippen molar-refractivity contribution in [1.29, 1.82) is 0 Å². The summed E-state index contributed by atoms with van der Waals surface area (Å²) in [6.07, 6.45) is 4.51. The van der Waals surface area contributed by atoms with E-state index in [0.717, 1.165) is 18.5 Å². The van der Waals surface area contributed by atoms with Crippen LogP contribution in [0.5, 0.6) is 17.2 Å². The Kier molecular flexibility index (Phi) is 9.03. The van der Waals surface area contributed by atoms with Gasteiger partial charge in [-0.1, -0.05) is 24.3 Å². The van der Waals surface area contributed by atoms with Gasteiger partial charge in [-0.2, -0.15) is 5.10 Å². The predicted molar refractivity (Wildman–Crippen MR) is 140 cm³/mol. The zero-order valence-corrected chi connectivity index (χ0v) is 21.6. The summed E-state index contributed by atoms with van der Waals surface area (Å²) in [6, 6.07) is 17.2. The zero-order valence-electron chi connectivity index (χ0n) is 21.6. The van der Waals surface area contributed by atoms with Crippen LogP contribution in [-0.4, -0.2) is 82.7 Å². The summed E-state index contributed by atoms with van der Waals surface area (Å²) >= 11 is 0. The van der Waals surface area contributed by atoms with Crippen LogP contribution in [0.1, 0.15) is 18.9 Å². The Hall–Kier alpha value is -3.56. The van der Waals surface area contributed by atoms with Gasteiger partial charge < -0.3 is 24.2 Å². The van der Waals surface area contributed by atoms with Gasteiger partial charge in [0.05, 0.1) is 20.3 Å². The molecule has 3 aromatic rings. The first-order valence-corrected chi connectivity index (χ1v) is 12.6. The topological polar surface area (TPSA) is 89.3 Å². The quantitative estimate of drug-likeness (QED) is 0.399. The fourth-order valence-corrected chi connectivity index (χ4v) is 4.50. The lowest BCUT2D eigenvalue weighted by atomic mass is 10.0. The van der Waals surface area contributed by atoms with Gasteiger partial charge in [-0.15, -0.1) is 0 Å². The second-order valence-corrected chi connectivity index (χ2v) is 9.43. The average molecular weight is 509 g/mol. The van der Waals surface area contributed by atoms with Crippen molar-refractivity contribution < 1.29 is 24.1 Å². The molecular weight excluding hydrogens is 472 g/mol. The molecule has 1 aliphatic rings. The first-order chi connectivity index (χ1) is 17.9. The van der Waals surface area contributed by atoms with E-state index in [2.05, 4.69) is 10.00 Å². The number of aryl methyl sites for hydroxylation is 1. The van der Waals surface area contributed by atoms with E-state index in [4.69, 9.17) is 14.2 Å². The smallest absolute Gasteiger partial charge is 0.219 e. The monoisotopic (exact) mass is 508 g/mol. The minimum atomic E-state index is -1.21. The van der Waals surface area contributed by atoms with Crippen LogP contribution in [0.3, 0.4) is 0 Å². The molecule has 2 aromatic carbocycles. The molecular formula is C28H36N4O5. The van der Waals surface area contributed by atoms with Crippen LogP contribution < -0.4 is 14.2 Å². The second-order valence-electron chi connectivity index (χ2n) is 9.43. The van der Waals surface area contributed by atoms with E-state index in [9.17, 15) is 9.90 Å². The molecule has 1 saturated heterocycles. The van der Waals surface area contributed by atoms with E-state index in [1.165, 1.54) is 6.92 Å². The Morgan fingerprint density at radius 1 is 1.05 bits per heavy atom. The van der Waals surface area contributed by atoms with E-state index < -0.39 is 5.60 Å². The predicted octanol–water partition coefficient (Wildman–Crippen LogP) is 2.84. The Balaban J connectivity index is 1.41. The molecule has 1 unspecified atom stereocenters. The number of aliphatic hydroxyl groups is 1. The van der Waals surface area contributed by atoms with Crippen LogP contribution in [0.2, 0.25) is 0 Å². The summed E-state index contributed by atoms with van der Waals surface area (Å²) < 4.78 is 19.3. The number of benzene rings is 2. The van der Waals surface area contributed by atoms with Crippen LogP contribution in [0.4, 0.5) is 0 Å². The van der Waals surface area contributed by atoms with Gasteiger partial charge in [-0.25, -0.2) is 0 Å². The SMILES string of the molecule is COc1ccc(CN2CCN(C(C)=O)CC(O)(COc3ccccc3)C2)cc1OCCCn1cccn1. The second kappa shape index (κ2) is 12.6. The van der Waals surface area contributed by atoms with E-state index in [0.29, 0.717) is 50.0 Å². The van der Waals surface area contributed by atoms with Gasteiger partial charge in [0.15, 0.2) is 11.5 Å². The first-order valence-electron chi connectivity index (χ1n) is 12.6. The molecule has 1 atom stereocenters. The first kappa shape index (κ1) is 26.5. The van der Waals surface area contributed by atoms with Crippen LogP contribution in [0, 0.1) is 0 Å². The molecule has 0 aliphatic carbocycles. The number of aromatic nitrogens is 2. The Morgan fingerprint density at radius 3 is 2.62 bits per heavy atom. The molecule has 1 aliphatic heterocycles. The van der Waals surface area contributed by atoms with Gasteiger partial charge in [0, 0.05) is 58.5 Å². The third-order valence-corrected chi connectivity index (χ3v) is 6.37. The van der Waals surface area contributed by atoms with Gasteiger partial charge in [-0.3, -0.25) is 14.4 Å². The highest BCUT2D eigenvalue weighted by molar-refractivity contribution is 5.73. The number of methoxy groups -OCH3 is 1. The lowest BCUT2D eigenvalue weighted by molar-refractivity contribution is -0.132. The average Bonchev–Trinajstić information content (AvgIpc) is 3.36. The molecule has 9 nitrogen and oxygen atoms in total. The van der Waals surface area contributed by atoms with Crippen molar-refractivity contribution >= 4 is 5.91 Å². The zero-order chi connectivity index (χ0) is 26.1. The standard InChI is InChI=1S/C28H36N4O5/c1-23(33)31-16-15-30(20-28(34,21-31)22-37-25-8-4-3-5-9-25)19-24-10-11-26(35-2)27(18-24)36-17-7-14-32-13-6-12-29-32/h3-6,8-13,18,34H,7,14-17,19-22H2,1-2H3. The normalized spacial score (nSPS) is 18.3. The molecule has 0 bridgehead atoms. The Morgan fingerprint density at radius 2 is 1.89 bits per heavy atom. The minimum absolute atomic E-state index is 0.0600. The lowest BCUT2D eigenvalue weighted by Gasteiger charge is -2.32. The molecule has 2 heterocycles. The maximum absolute atomic E-state index is 12.2. The number of carbonyl (C=O) groups excluding carboxylic acids is 1. The molecule has 0 saturated carbocycles. The van der Waals surface area contributed by atoms with Gasteiger partial charge in [0.1, 0.15) is 18.0 Å². The Labute approximate surface area is 218 Å². The van der Waals surface area contributed by atoms with E-state index >= 15 is 0 Å². The summed E-state index contributed by atoms with van der Waals surface area (Å²) in [5.41, 5.74) is -0.179. The van der Waals surface area contributed by atoms with Crippen molar-refractivity contribution in [2.24, 2.45) is 0 Å². The highest BCUT2D eigenvalue weighted by Gasteiger charge is 2.37.